The van der Waals surface area contributed by atoms with Crippen molar-refractivity contribution in [3.05, 3.63) is 59.4 Å². The Morgan fingerprint density at radius 3 is 2.52 bits per heavy atom. The highest BCUT2D eigenvalue weighted by molar-refractivity contribution is 5.56. The number of anilines is 2. The molecule has 0 amide bonds. The van der Waals surface area contributed by atoms with Gasteiger partial charge in [0.2, 0.25) is 0 Å². The van der Waals surface area contributed by atoms with E-state index in [-0.39, 0.29) is 5.82 Å². The zero-order valence-electron chi connectivity index (χ0n) is 13.5. The summed E-state index contributed by atoms with van der Waals surface area (Å²) in [5.41, 5.74) is 3.88. The second kappa shape index (κ2) is 7.47. The Morgan fingerprint density at radius 1 is 1.09 bits per heavy atom. The average molecular weight is 314 g/mol. The van der Waals surface area contributed by atoms with Crippen molar-refractivity contribution >= 4 is 11.4 Å². The van der Waals surface area contributed by atoms with Crippen LogP contribution in [0.1, 0.15) is 24.0 Å². The Balaban J connectivity index is 1.72. The number of halogens is 1. The molecule has 1 N–H and O–H groups in total. The number of nitrogens with zero attached hydrogens (tertiary/aromatic N) is 1. The lowest BCUT2D eigenvalue weighted by Crippen LogP contribution is -2.20. The minimum absolute atomic E-state index is 0.141. The van der Waals surface area contributed by atoms with Crippen LogP contribution in [0.5, 0.6) is 0 Å². The van der Waals surface area contributed by atoms with E-state index in [9.17, 15) is 4.39 Å². The molecule has 2 aromatic rings. The summed E-state index contributed by atoms with van der Waals surface area (Å²) in [6, 6.07) is 13.4. The number of ether oxygens (including phenoxy) is 1. The van der Waals surface area contributed by atoms with Gasteiger partial charge >= 0.3 is 0 Å². The fourth-order valence-electron chi connectivity index (χ4n) is 3.05. The monoisotopic (exact) mass is 314 g/mol. The fourth-order valence-corrected chi connectivity index (χ4v) is 3.05. The Labute approximate surface area is 137 Å². The van der Waals surface area contributed by atoms with E-state index in [1.165, 1.54) is 18.9 Å². The molecule has 1 heterocycles. The minimum Gasteiger partial charge on any atom is -0.381 e. The van der Waals surface area contributed by atoms with E-state index in [4.69, 9.17) is 4.74 Å². The van der Waals surface area contributed by atoms with E-state index in [0.29, 0.717) is 13.2 Å². The predicted molar refractivity (Wildman–Crippen MR) is 92.3 cm³/mol. The Kier molecular flexibility index (Phi) is 5.13. The molecule has 1 aliphatic heterocycles. The smallest absolute Gasteiger partial charge is 0.130 e. The van der Waals surface area contributed by atoms with E-state index >= 15 is 0 Å². The third-order valence-electron chi connectivity index (χ3n) is 4.28. The van der Waals surface area contributed by atoms with Crippen LogP contribution in [0.25, 0.3) is 0 Å². The number of methoxy groups -OCH3 is 1. The maximum absolute atomic E-state index is 14.3. The summed E-state index contributed by atoms with van der Waals surface area (Å²) in [5.74, 6) is -0.141. The standard InChI is InChI=1S/C19H23FN2O/c1-23-14-15-7-9-16(10-8-15)21-13-17-18(20)5-4-6-19(17)22-11-2-3-12-22/h4-10,21H,2-3,11-14H2,1H3. The quantitative estimate of drug-likeness (QED) is 0.865. The average Bonchev–Trinajstić information content (AvgIpc) is 3.09. The fraction of sp³-hybridized carbons (Fsp3) is 0.368. The predicted octanol–water partition coefficient (Wildman–Crippen LogP) is 4.18. The van der Waals surface area contributed by atoms with Crippen molar-refractivity contribution in [3.8, 4) is 0 Å². The second-order valence-corrected chi connectivity index (χ2v) is 5.92. The van der Waals surface area contributed by atoms with Gasteiger partial charge in [0, 0.05) is 43.7 Å². The van der Waals surface area contributed by atoms with Crippen LogP contribution in [0.2, 0.25) is 0 Å². The molecule has 122 valence electrons. The minimum atomic E-state index is -0.141. The van der Waals surface area contributed by atoms with Crippen molar-refractivity contribution in [1.82, 2.24) is 0 Å². The van der Waals surface area contributed by atoms with Gasteiger partial charge in [-0.1, -0.05) is 18.2 Å². The summed E-state index contributed by atoms with van der Waals surface area (Å²) in [5, 5.41) is 3.33. The highest BCUT2D eigenvalue weighted by Crippen LogP contribution is 2.27. The highest BCUT2D eigenvalue weighted by atomic mass is 19.1. The van der Waals surface area contributed by atoms with Crippen LogP contribution in [-0.2, 0) is 17.9 Å². The van der Waals surface area contributed by atoms with E-state index in [0.717, 1.165) is 35.6 Å². The third-order valence-corrected chi connectivity index (χ3v) is 4.28. The van der Waals surface area contributed by atoms with Crippen LogP contribution in [0, 0.1) is 5.82 Å². The number of hydrogen-bond donors (Lipinski definition) is 1. The van der Waals surface area contributed by atoms with Gasteiger partial charge < -0.3 is 15.0 Å². The molecule has 23 heavy (non-hydrogen) atoms. The molecule has 1 saturated heterocycles. The van der Waals surface area contributed by atoms with Crippen LogP contribution in [0.15, 0.2) is 42.5 Å². The van der Waals surface area contributed by atoms with Crippen molar-refractivity contribution in [3.63, 3.8) is 0 Å². The maximum atomic E-state index is 14.3. The zero-order chi connectivity index (χ0) is 16.1. The second-order valence-electron chi connectivity index (χ2n) is 5.92. The molecule has 0 unspecified atom stereocenters. The van der Waals surface area contributed by atoms with Gasteiger partial charge in [0.1, 0.15) is 5.82 Å². The summed E-state index contributed by atoms with van der Waals surface area (Å²) in [4.78, 5) is 2.28. The van der Waals surface area contributed by atoms with Gasteiger partial charge in [0.05, 0.1) is 6.61 Å². The summed E-state index contributed by atoms with van der Waals surface area (Å²) in [7, 11) is 1.68. The normalized spacial score (nSPS) is 14.3. The Morgan fingerprint density at radius 2 is 1.83 bits per heavy atom. The van der Waals surface area contributed by atoms with Crippen molar-refractivity contribution in [2.75, 3.05) is 30.4 Å². The van der Waals surface area contributed by atoms with Crippen LogP contribution in [0.3, 0.4) is 0 Å². The van der Waals surface area contributed by atoms with Crippen molar-refractivity contribution < 1.29 is 9.13 Å². The first-order valence-electron chi connectivity index (χ1n) is 8.12. The van der Waals surface area contributed by atoms with E-state index in [2.05, 4.69) is 10.2 Å². The van der Waals surface area contributed by atoms with E-state index in [1.54, 1.807) is 13.2 Å². The molecule has 0 atom stereocenters. The molecule has 4 heteroatoms. The highest BCUT2D eigenvalue weighted by Gasteiger charge is 2.17. The number of benzene rings is 2. The molecule has 0 aliphatic carbocycles. The largest absolute Gasteiger partial charge is 0.381 e. The molecule has 0 bridgehead atoms. The molecular weight excluding hydrogens is 291 g/mol. The number of hydrogen-bond acceptors (Lipinski definition) is 3. The van der Waals surface area contributed by atoms with Crippen molar-refractivity contribution in [1.29, 1.82) is 0 Å². The zero-order valence-corrected chi connectivity index (χ0v) is 13.5. The van der Waals surface area contributed by atoms with Gasteiger partial charge in [0.15, 0.2) is 0 Å². The molecule has 3 rings (SSSR count). The molecule has 0 spiro atoms. The molecule has 3 nitrogen and oxygen atoms in total. The molecule has 1 fully saturated rings. The van der Waals surface area contributed by atoms with Gasteiger partial charge in [-0.2, -0.15) is 0 Å². The SMILES string of the molecule is COCc1ccc(NCc2c(F)cccc2N2CCCC2)cc1. The van der Waals surface area contributed by atoms with Gasteiger partial charge in [-0.25, -0.2) is 4.39 Å². The summed E-state index contributed by atoms with van der Waals surface area (Å²) < 4.78 is 19.4. The van der Waals surface area contributed by atoms with Crippen molar-refractivity contribution in [2.24, 2.45) is 0 Å². The van der Waals surface area contributed by atoms with E-state index < -0.39 is 0 Å². The lowest BCUT2D eigenvalue weighted by atomic mass is 10.1. The third kappa shape index (κ3) is 3.82. The van der Waals surface area contributed by atoms with Crippen molar-refractivity contribution in [2.45, 2.75) is 26.0 Å². The first kappa shape index (κ1) is 15.8. The summed E-state index contributed by atoms with van der Waals surface area (Å²) >= 11 is 0. The molecule has 0 radical (unpaired) electrons. The first-order valence-corrected chi connectivity index (χ1v) is 8.12. The van der Waals surface area contributed by atoms with Crippen LogP contribution in [0.4, 0.5) is 15.8 Å². The number of nitrogens with one attached hydrogen (secondary N) is 1. The van der Waals surface area contributed by atoms with E-state index in [1.807, 2.05) is 30.3 Å². The van der Waals surface area contributed by atoms with Gasteiger partial charge in [-0.3, -0.25) is 0 Å². The number of rotatable bonds is 6. The summed E-state index contributed by atoms with van der Waals surface area (Å²) in [6.07, 6.45) is 2.37. The lowest BCUT2D eigenvalue weighted by molar-refractivity contribution is 0.185. The molecule has 0 saturated carbocycles. The summed E-state index contributed by atoms with van der Waals surface area (Å²) in [6.45, 7) is 3.12. The molecular formula is C19H23FN2O. The van der Waals surface area contributed by atoms with Crippen LogP contribution < -0.4 is 10.2 Å². The van der Waals surface area contributed by atoms with Gasteiger partial charge in [0.25, 0.3) is 0 Å². The first-order chi connectivity index (χ1) is 11.3. The molecule has 0 aromatic heterocycles. The van der Waals surface area contributed by atoms with Gasteiger partial charge in [-0.15, -0.1) is 0 Å². The van der Waals surface area contributed by atoms with Crippen LogP contribution in [-0.4, -0.2) is 20.2 Å². The lowest BCUT2D eigenvalue weighted by Gasteiger charge is -2.22. The Bertz CT molecular complexity index is 636. The maximum Gasteiger partial charge on any atom is 0.130 e. The van der Waals surface area contributed by atoms with Crippen LogP contribution >= 0.6 is 0 Å². The topological polar surface area (TPSA) is 24.5 Å². The van der Waals surface area contributed by atoms with Gasteiger partial charge in [-0.05, 0) is 42.7 Å². The molecule has 2 aromatic carbocycles. The Hall–Kier alpha value is -2.07. The molecule has 1 aliphatic rings.